The number of carbonyl (C=O) groups is 2. The van der Waals surface area contributed by atoms with Crippen LogP contribution < -0.4 is 10.6 Å². The minimum absolute atomic E-state index is 0.0744. The number of hydrogen-bond acceptors (Lipinski definition) is 4. The van der Waals surface area contributed by atoms with Gasteiger partial charge in [-0.2, -0.15) is 0 Å². The lowest BCUT2D eigenvalue weighted by Crippen LogP contribution is -2.49. The minimum Gasteiger partial charge on any atom is -0.459 e. The smallest absolute Gasteiger partial charge is 0.324 e. The van der Waals surface area contributed by atoms with E-state index in [0.717, 1.165) is 5.56 Å². The van der Waals surface area contributed by atoms with Gasteiger partial charge in [0.15, 0.2) is 0 Å². The number of rotatable bonds is 3. The van der Waals surface area contributed by atoms with Crippen LogP contribution in [-0.2, 0) is 19.7 Å². The van der Waals surface area contributed by atoms with Crippen LogP contribution in [0.5, 0.6) is 0 Å². The molecule has 0 saturated carbocycles. The predicted molar refractivity (Wildman–Crippen MR) is 137 cm³/mol. The Bertz CT molecular complexity index is 1190. The molecule has 4 rings (SSSR count). The molecular weight excluding hydrogens is 490 g/mol. The molecule has 8 heteroatoms. The molecular formula is C27H31Cl2FN2O3. The topological polar surface area (TPSA) is 67.4 Å². The molecule has 5 nitrogen and oxygen atoms in total. The molecule has 2 aromatic rings. The molecule has 0 radical (unpaired) electrons. The third-order valence-electron chi connectivity index (χ3n) is 6.59. The first-order chi connectivity index (χ1) is 16.1. The lowest BCUT2D eigenvalue weighted by Gasteiger charge is -2.37. The largest absolute Gasteiger partial charge is 0.459 e. The van der Waals surface area contributed by atoms with E-state index in [1.165, 1.54) is 12.1 Å². The monoisotopic (exact) mass is 520 g/mol. The van der Waals surface area contributed by atoms with Gasteiger partial charge in [-0.3, -0.25) is 14.9 Å². The Morgan fingerprint density at radius 2 is 1.77 bits per heavy atom. The quantitative estimate of drug-likeness (QED) is 0.471. The van der Waals surface area contributed by atoms with Gasteiger partial charge in [-0.15, -0.1) is 0 Å². The van der Waals surface area contributed by atoms with Crippen molar-refractivity contribution in [1.82, 2.24) is 5.32 Å². The van der Waals surface area contributed by atoms with Gasteiger partial charge in [0, 0.05) is 22.7 Å². The van der Waals surface area contributed by atoms with Crippen LogP contribution in [0.4, 0.5) is 10.1 Å². The molecule has 2 aromatic carbocycles. The van der Waals surface area contributed by atoms with E-state index in [1.807, 2.05) is 6.07 Å². The van der Waals surface area contributed by atoms with Gasteiger partial charge in [-0.05, 0) is 68.0 Å². The minimum atomic E-state index is -1.17. The van der Waals surface area contributed by atoms with Gasteiger partial charge in [0.25, 0.3) is 0 Å². The summed E-state index contributed by atoms with van der Waals surface area (Å²) in [4.78, 5) is 27.6. The van der Waals surface area contributed by atoms with Crippen molar-refractivity contribution < 1.29 is 18.7 Å². The molecule has 1 spiro atoms. The Hall–Kier alpha value is -2.15. The second-order valence-electron chi connectivity index (χ2n) is 11.7. The van der Waals surface area contributed by atoms with Gasteiger partial charge >= 0.3 is 5.97 Å². The summed E-state index contributed by atoms with van der Waals surface area (Å²) in [5.41, 5.74) is -0.155. The van der Waals surface area contributed by atoms with Crippen LogP contribution in [0.15, 0.2) is 36.4 Å². The highest BCUT2D eigenvalue weighted by Crippen LogP contribution is 2.57. The number of esters is 1. The Morgan fingerprint density at radius 3 is 2.37 bits per heavy atom. The summed E-state index contributed by atoms with van der Waals surface area (Å²) >= 11 is 12.4. The molecule has 0 bridgehead atoms. The molecule has 188 valence electrons. The maximum atomic E-state index is 14.2. The summed E-state index contributed by atoms with van der Waals surface area (Å²) in [6.45, 7) is 11.6. The SMILES string of the molecule is CC(C)(C)CC1NC(C(=O)OC(C)(C)C)C(c2ccc(F)c(Cl)c2)C12C(=O)Nc1cc(Cl)ccc12. The van der Waals surface area contributed by atoms with Gasteiger partial charge in [0.05, 0.1) is 5.02 Å². The Kier molecular flexibility index (Phi) is 6.48. The van der Waals surface area contributed by atoms with Crippen molar-refractivity contribution in [3.8, 4) is 0 Å². The summed E-state index contributed by atoms with van der Waals surface area (Å²) in [6.07, 6.45) is 0.590. The first-order valence-electron chi connectivity index (χ1n) is 11.7. The Morgan fingerprint density at radius 1 is 1.09 bits per heavy atom. The van der Waals surface area contributed by atoms with E-state index in [2.05, 4.69) is 31.4 Å². The van der Waals surface area contributed by atoms with Crippen molar-refractivity contribution >= 4 is 40.8 Å². The van der Waals surface area contributed by atoms with E-state index >= 15 is 0 Å². The molecule has 2 aliphatic heterocycles. The average molecular weight is 521 g/mol. The maximum absolute atomic E-state index is 14.2. The van der Waals surface area contributed by atoms with Crippen molar-refractivity contribution in [2.24, 2.45) is 5.41 Å². The number of nitrogens with one attached hydrogen (secondary N) is 2. The van der Waals surface area contributed by atoms with Crippen molar-refractivity contribution in [1.29, 1.82) is 0 Å². The highest BCUT2D eigenvalue weighted by molar-refractivity contribution is 6.31. The van der Waals surface area contributed by atoms with E-state index in [0.29, 0.717) is 22.7 Å². The molecule has 1 fully saturated rings. The Labute approximate surface area is 215 Å². The summed E-state index contributed by atoms with van der Waals surface area (Å²) in [6, 6.07) is 8.37. The van der Waals surface area contributed by atoms with E-state index in [4.69, 9.17) is 27.9 Å². The van der Waals surface area contributed by atoms with Crippen molar-refractivity contribution in [2.75, 3.05) is 5.32 Å². The lowest BCUT2D eigenvalue weighted by atomic mass is 9.62. The second kappa shape index (κ2) is 8.75. The molecule has 0 aromatic heterocycles. The van der Waals surface area contributed by atoms with Crippen LogP contribution in [-0.4, -0.2) is 29.6 Å². The molecule has 1 saturated heterocycles. The standard InChI is InChI=1S/C27H31Cl2FN2O3/c1-25(2,3)13-20-27(16-9-8-15(28)12-19(16)31-24(27)34)21(14-7-10-18(30)17(29)11-14)22(32-20)23(33)35-26(4,5)6/h7-12,20-22,32H,13H2,1-6H3,(H,31,34). The van der Waals surface area contributed by atoms with Crippen molar-refractivity contribution in [3.05, 3.63) is 63.4 Å². The van der Waals surface area contributed by atoms with Crippen molar-refractivity contribution in [3.63, 3.8) is 0 Å². The first-order valence-corrected chi connectivity index (χ1v) is 12.4. The van der Waals surface area contributed by atoms with Gasteiger partial charge in [0.1, 0.15) is 22.9 Å². The molecule has 0 aliphatic carbocycles. The first kappa shape index (κ1) is 25.9. The molecule has 1 amide bonds. The Balaban J connectivity index is 1.99. The van der Waals surface area contributed by atoms with Crippen LogP contribution >= 0.6 is 23.2 Å². The zero-order valence-electron chi connectivity index (χ0n) is 20.8. The van der Waals surface area contributed by atoms with Crippen molar-refractivity contribution in [2.45, 2.75) is 77.0 Å². The van der Waals surface area contributed by atoms with E-state index in [-0.39, 0.29) is 16.3 Å². The van der Waals surface area contributed by atoms with Gasteiger partial charge in [-0.25, -0.2) is 4.39 Å². The van der Waals surface area contributed by atoms with Gasteiger partial charge in [-0.1, -0.05) is 56.1 Å². The zero-order chi connectivity index (χ0) is 25.9. The number of hydrogen-bond donors (Lipinski definition) is 2. The van der Waals surface area contributed by atoms with Gasteiger partial charge in [0.2, 0.25) is 5.91 Å². The number of benzene rings is 2. The van der Waals surface area contributed by atoms with Gasteiger partial charge < -0.3 is 10.1 Å². The van der Waals surface area contributed by atoms with E-state index in [9.17, 15) is 14.0 Å². The molecule has 2 aliphatic rings. The highest BCUT2D eigenvalue weighted by atomic mass is 35.5. The number of fused-ring (bicyclic) bond motifs is 2. The number of anilines is 1. The number of halogens is 3. The van der Waals surface area contributed by atoms with Crippen LogP contribution in [0.1, 0.15) is 65.0 Å². The van der Waals surface area contributed by atoms with E-state index in [1.54, 1.807) is 39.0 Å². The fourth-order valence-corrected chi connectivity index (χ4v) is 5.83. The lowest BCUT2D eigenvalue weighted by molar-refractivity contribution is -0.157. The summed E-state index contributed by atoms with van der Waals surface area (Å²) in [7, 11) is 0. The van der Waals surface area contributed by atoms with E-state index < -0.39 is 40.8 Å². The van der Waals surface area contributed by atoms with Crippen LogP contribution in [0.2, 0.25) is 10.0 Å². The molecule has 2 heterocycles. The summed E-state index contributed by atoms with van der Waals surface area (Å²) < 4.78 is 19.9. The third kappa shape index (κ3) is 4.68. The summed E-state index contributed by atoms with van der Waals surface area (Å²) in [5, 5.41) is 6.88. The average Bonchev–Trinajstić information content (AvgIpc) is 3.17. The molecule has 4 atom stereocenters. The van der Waals surface area contributed by atoms with Crippen LogP contribution in [0, 0.1) is 11.2 Å². The highest BCUT2D eigenvalue weighted by Gasteiger charge is 2.66. The normalized spacial score (nSPS) is 26.1. The number of ether oxygens (including phenoxy) is 1. The third-order valence-corrected chi connectivity index (χ3v) is 7.11. The second-order valence-corrected chi connectivity index (χ2v) is 12.5. The van der Waals surface area contributed by atoms with Crippen LogP contribution in [0.3, 0.4) is 0 Å². The molecule has 35 heavy (non-hydrogen) atoms. The molecule has 2 N–H and O–H groups in total. The predicted octanol–water partition coefficient (Wildman–Crippen LogP) is 6.22. The zero-order valence-corrected chi connectivity index (χ0v) is 22.3. The molecule has 4 unspecified atom stereocenters. The summed E-state index contributed by atoms with van der Waals surface area (Å²) in [5.74, 6) is -1.99. The number of amides is 1. The maximum Gasteiger partial charge on any atom is 0.324 e. The van der Waals surface area contributed by atoms with Crippen LogP contribution in [0.25, 0.3) is 0 Å². The fraction of sp³-hybridized carbons (Fsp3) is 0.481. The fourth-order valence-electron chi connectivity index (χ4n) is 5.47. The number of carbonyl (C=O) groups excluding carboxylic acids is 2.